The van der Waals surface area contributed by atoms with Crippen molar-refractivity contribution in [3.63, 3.8) is 0 Å². The molecule has 0 bridgehead atoms. The van der Waals surface area contributed by atoms with E-state index in [0.29, 0.717) is 37.6 Å². The molecule has 0 saturated heterocycles. The molecule has 1 amide bonds. The molecule has 29 heavy (non-hydrogen) atoms. The molecule has 2 rings (SSSR count). The van der Waals surface area contributed by atoms with Gasteiger partial charge in [-0.15, -0.1) is 0 Å². The van der Waals surface area contributed by atoms with Gasteiger partial charge in [0.05, 0.1) is 25.2 Å². The summed E-state index contributed by atoms with van der Waals surface area (Å²) >= 11 is 0. The van der Waals surface area contributed by atoms with Crippen molar-refractivity contribution in [2.75, 3.05) is 30.8 Å². The van der Waals surface area contributed by atoms with Crippen molar-refractivity contribution in [1.29, 1.82) is 0 Å². The summed E-state index contributed by atoms with van der Waals surface area (Å²) in [5.74, 6) is 0.283. The van der Waals surface area contributed by atoms with Gasteiger partial charge in [0, 0.05) is 13.6 Å². The van der Waals surface area contributed by atoms with Crippen LogP contribution >= 0.6 is 0 Å². The Kier molecular flexibility index (Phi) is 8.48. The highest BCUT2D eigenvalue weighted by molar-refractivity contribution is 7.92. The molecular weight excluding hydrogens is 392 g/mol. The molecule has 0 aliphatic carbocycles. The van der Waals surface area contributed by atoms with E-state index in [-0.39, 0.29) is 5.91 Å². The molecule has 8 heteroatoms. The van der Waals surface area contributed by atoms with Crippen molar-refractivity contribution in [3.05, 3.63) is 60.2 Å². The fourth-order valence-electron chi connectivity index (χ4n) is 2.54. The summed E-state index contributed by atoms with van der Waals surface area (Å²) in [5, 5.41) is 2.81. The second kappa shape index (κ2) is 10.8. The number of carbonyl (C=O) groups is 1. The topological polar surface area (TPSA) is 84.9 Å². The standard InChI is InChI=1S/C21H28N2O5S/c1-4-20(21(24)22-14-15-27-16-17-8-6-5-7-9-17)28-19-12-10-18(11-13-19)23(2)29(3,25)26/h5-13,20H,4,14-16H2,1-3H3,(H,22,24). The number of sulfonamides is 1. The van der Waals surface area contributed by atoms with Crippen molar-refractivity contribution in [2.45, 2.75) is 26.1 Å². The van der Waals surface area contributed by atoms with Crippen LogP contribution in [0.15, 0.2) is 54.6 Å². The highest BCUT2D eigenvalue weighted by atomic mass is 32.2. The number of benzene rings is 2. The lowest BCUT2D eigenvalue weighted by Gasteiger charge is -2.19. The Bertz CT molecular complexity index is 870. The smallest absolute Gasteiger partial charge is 0.261 e. The van der Waals surface area contributed by atoms with E-state index in [9.17, 15) is 13.2 Å². The van der Waals surface area contributed by atoms with Gasteiger partial charge in [-0.25, -0.2) is 8.42 Å². The zero-order chi connectivity index (χ0) is 21.3. The van der Waals surface area contributed by atoms with Crippen LogP contribution in [0.4, 0.5) is 5.69 Å². The molecule has 0 spiro atoms. The van der Waals surface area contributed by atoms with Crippen LogP contribution in [0, 0.1) is 0 Å². The lowest BCUT2D eigenvalue weighted by atomic mass is 10.2. The molecule has 2 aromatic carbocycles. The van der Waals surface area contributed by atoms with E-state index in [1.54, 1.807) is 24.3 Å². The maximum Gasteiger partial charge on any atom is 0.261 e. The third kappa shape index (κ3) is 7.40. The van der Waals surface area contributed by atoms with Crippen molar-refractivity contribution in [1.82, 2.24) is 5.32 Å². The van der Waals surface area contributed by atoms with Gasteiger partial charge in [-0.1, -0.05) is 37.3 Å². The molecule has 1 atom stereocenters. The van der Waals surface area contributed by atoms with Gasteiger partial charge < -0.3 is 14.8 Å². The second-order valence-corrected chi connectivity index (χ2v) is 8.58. The zero-order valence-corrected chi connectivity index (χ0v) is 17.8. The van der Waals surface area contributed by atoms with Crippen molar-refractivity contribution >= 4 is 21.6 Å². The summed E-state index contributed by atoms with van der Waals surface area (Å²) in [6.07, 6.45) is 1.00. The van der Waals surface area contributed by atoms with E-state index in [4.69, 9.17) is 9.47 Å². The number of nitrogens with one attached hydrogen (secondary N) is 1. The molecule has 0 radical (unpaired) electrons. The Labute approximate surface area is 172 Å². The van der Waals surface area contributed by atoms with Gasteiger partial charge in [0.15, 0.2) is 6.10 Å². The van der Waals surface area contributed by atoms with E-state index < -0.39 is 16.1 Å². The van der Waals surface area contributed by atoms with Crippen molar-refractivity contribution < 1.29 is 22.7 Å². The van der Waals surface area contributed by atoms with Gasteiger partial charge in [-0.05, 0) is 36.2 Å². The van der Waals surface area contributed by atoms with Crippen LogP contribution in [-0.4, -0.2) is 46.9 Å². The number of anilines is 1. The minimum atomic E-state index is -3.33. The van der Waals surface area contributed by atoms with Crippen molar-refractivity contribution in [2.24, 2.45) is 0 Å². The molecule has 7 nitrogen and oxygen atoms in total. The quantitative estimate of drug-likeness (QED) is 0.565. The lowest BCUT2D eigenvalue weighted by Crippen LogP contribution is -2.39. The van der Waals surface area contributed by atoms with Gasteiger partial charge in [-0.3, -0.25) is 9.10 Å². The van der Waals surface area contributed by atoms with Crippen LogP contribution in [0.1, 0.15) is 18.9 Å². The van der Waals surface area contributed by atoms with Gasteiger partial charge in [0.25, 0.3) is 5.91 Å². The number of hydrogen-bond donors (Lipinski definition) is 1. The van der Waals surface area contributed by atoms with Crippen LogP contribution in [-0.2, 0) is 26.2 Å². The Balaban J connectivity index is 1.78. The first-order chi connectivity index (χ1) is 13.8. The normalized spacial score (nSPS) is 12.2. The molecule has 0 aliphatic heterocycles. The van der Waals surface area contributed by atoms with E-state index in [1.807, 2.05) is 37.3 Å². The van der Waals surface area contributed by atoms with E-state index in [0.717, 1.165) is 11.8 Å². The molecule has 0 saturated carbocycles. The molecule has 158 valence electrons. The van der Waals surface area contributed by atoms with Gasteiger partial charge in [-0.2, -0.15) is 0 Å². The summed E-state index contributed by atoms with van der Waals surface area (Å²) in [5.41, 5.74) is 1.60. The largest absolute Gasteiger partial charge is 0.481 e. The third-order valence-electron chi connectivity index (χ3n) is 4.30. The number of ether oxygens (including phenoxy) is 2. The SMILES string of the molecule is CCC(Oc1ccc(N(C)S(C)(=O)=O)cc1)C(=O)NCCOCc1ccccc1. The number of rotatable bonds is 11. The predicted molar refractivity (Wildman–Crippen MR) is 114 cm³/mol. The first-order valence-electron chi connectivity index (χ1n) is 9.41. The predicted octanol–water partition coefficient (Wildman–Crippen LogP) is 2.57. The van der Waals surface area contributed by atoms with Crippen LogP contribution in [0.5, 0.6) is 5.75 Å². The Morgan fingerprint density at radius 1 is 1.10 bits per heavy atom. The summed E-state index contributed by atoms with van der Waals surface area (Å²) in [6.45, 7) is 3.16. The number of amides is 1. The summed E-state index contributed by atoms with van der Waals surface area (Å²) in [7, 11) is -1.85. The summed E-state index contributed by atoms with van der Waals surface area (Å²) in [4.78, 5) is 12.3. The number of nitrogens with zero attached hydrogens (tertiary/aromatic N) is 1. The minimum absolute atomic E-state index is 0.215. The first kappa shape index (κ1) is 22.7. The van der Waals surface area contributed by atoms with Crippen LogP contribution in [0.25, 0.3) is 0 Å². The lowest BCUT2D eigenvalue weighted by molar-refractivity contribution is -0.128. The average molecular weight is 421 g/mol. The highest BCUT2D eigenvalue weighted by Crippen LogP contribution is 2.21. The number of carbonyl (C=O) groups excluding carboxylic acids is 1. The van der Waals surface area contributed by atoms with Crippen molar-refractivity contribution in [3.8, 4) is 5.75 Å². The maximum atomic E-state index is 12.3. The third-order valence-corrected chi connectivity index (χ3v) is 5.50. The molecule has 2 aromatic rings. The Morgan fingerprint density at radius 3 is 2.34 bits per heavy atom. The number of hydrogen-bond acceptors (Lipinski definition) is 5. The van der Waals surface area contributed by atoms with Crippen LogP contribution < -0.4 is 14.4 Å². The monoisotopic (exact) mass is 420 g/mol. The van der Waals surface area contributed by atoms with E-state index in [2.05, 4.69) is 5.32 Å². The fraction of sp³-hybridized carbons (Fsp3) is 0.381. The van der Waals surface area contributed by atoms with Gasteiger partial charge in [0.2, 0.25) is 10.0 Å². The molecule has 0 aromatic heterocycles. The maximum absolute atomic E-state index is 12.3. The molecule has 0 fully saturated rings. The Morgan fingerprint density at radius 2 is 1.76 bits per heavy atom. The van der Waals surface area contributed by atoms with E-state index in [1.165, 1.54) is 11.4 Å². The zero-order valence-electron chi connectivity index (χ0n) is 17.0. The molecular formula is C21H28N2O5S. The first-order valence-corrected chi connectivity index (χ1v) is 11.3. The van der Waals surface area contributed by atoms with E-state index >= 15 is 0 Å². The molecule has 1 unspecified atom stereocenters. The van der Waals surface area contributed by atoms with Gasteiger partial charge in [0.1, 0.15) is 5.75 Å². The summed E-state index contributed by atoms with van der Waals surface area (Å²) < 4.78 is 35.7. The van der Waals surface area contributed by atoms with Crippen LogP contribution in [0.2, 0.25) is 0 Å². The molecule has 1 N–H and O–H groups in total. The minimum Gasteiger partial charge on any atom is -0.481 e. The fourth-order valence-corrected chi connectivity index (χ4v) is 3.04. The average Bonchev–Trinajstić information content (AvgIpc) is 2.71. The summed E-state index contributed by atoms with van der Waals surface area (Å²) in [6, 6.07) is 16.4. The molecule has 0 heterocycles. The molecule has 0 aliphatic rings. The second-order valence-electron chi connectivity index (χ2n) is 6.57. The van der Waals surface area contributed by atoms with Crippen LogP contribution in [0.3, 0.4) is 0 Å². The van der Waals surface area contributed by atoms with Gasteiger partial charge >= 0.3 is 0 Å². The highest BCUT2D eigenvalue weighted by Gasteiger charge is 2.18. The Hall–Kier alpha value is -2.58.